The van der Waals surface area contributed by atoms with Crippen molar-refractivity contribution < 1.29 is 22.1 Å². The summed E-state index contributed by atoms with van der Waals surface area (Å²) >= 11 is 5.95. The van der Waals surface area contributed by atoms with Gasteiger partial charge in [0.1, 0.15) is 11.6 Å². The zero-order valence-electron chi connectivity index (χ0n) is 13.4. The fourth-order valence-electron chi connectivity index (χ4n) is 2.13. The normalized spacial score (nSPS) is 11.5. The molecule has 0 atom stereocenters. The summed E-state index contributed by atoms with van der Waals surface area (Å²) in [4.78, 5) is 3.95. The van der Waals surface area contributed by atoms with Crippen LogP contribution in [0.4, 0.5) is 4.39 Å². The van der Waals surface area contributed by atoms with Crippen LogP contribution in [0.25, 0.3) is 11.4 Å². The Balaban J connectivity index is 1.75. The molecule has 2 aromatic carbocycles. The summed E-state index contributed by atoms with van der Waals surface area (Å²) in [6.07, 6.45) is 0. The number of ether oxygens (including phenoxy) is 1. The highest BCUT2D eigenvalue weighted by Gasteiger charge is 2.18. The van der Waals surface area contributed by atoms with Gasteiger partial charge in [-0.2, -0.15) is 4.98 Å². The summed E-state index contributed by atoms with van der Waals surface area (Å²) in [6, 6.07) is 9.99. The summed E-state index contributed by atoms with van der Waals surface area (Å²) in [5, 5.41) is 3.82. The van der Waals surface area contributed by atoms with E-state index in [-0.39, 0.29) is 33.7 Å². The summed E-state index contributed by atoms with van der Waals surface area (Å²) < 4.78 is 50.6. The maximum Gasteiger partial charge on any atom is 0.242 e. The molecule has 0 radical (unpaired) electrons. The molecule has 26 heavy (non-hydrogen) atoms. The molecule has 0 saturated heterocycles. The molecule has 0 amide bonds. The van der Waals surface area contributed by atoms with Crippen LogP contribution >= 0.6 is 11.6 Å². The number of halogens is 2. The van der Waals surface area contributed by atoms with Crippen LogP contribution in [0.3, 0.4) is 0 Å². The van der Waals surface area contributed by atoms with Crippen LogP contribution in [0.15, 0.2) is 51.9 Å². The lowest BCUT2D eigenvalue weighted by Gasteiger charge is -2.07. The second kappa shape index (κ2) is 7.40. The lowest BCUT2D eigenvalue weighted by Crippen LogP contribution is -2.23. The van der Waals surface area contributed by atoms with Crippen molar-refractivity contribution in [2.24, 2.45) is 0 Å². The first-order valence-corrected chi connectivity index (χ1v) is 9.17. The SMILES string of the molecule is COc1ccc(S(=O)(=O)NCc2nc(-c3ccccc3F)no2)cc1Cl. The Morgan fingerprint density at radius 2 is 2.04 bits per heavy atom. The second-order valence-corrected chi connectivity index (χ2v) is 7.29. The fraction of sp³-hybridized carbons (Fsp3) is 0.125. The minimum atomic E-state index is -3.86. The van der Waals surface area contributed by atoms with Gasteiger partial charge in [0, 0.05) is 0 Å². The highest BCUT2D eigenvalue weighted by Crippen LogP contribution is 2.27. The van der Waals surface area contributed by atoms with Gasteiger partial charge in [-0.25, -0.2) is 17.5 Å². The fourth-order valence-corrected chi connectivity index (χ4v) is 3.46. The number of nitrogens with one attached hydrogen (secondary N) is 1. The minimum absolute atomic E-state index is 0.00793. The molecule has 1 heterocycles. The van der Waals surface area contributed by atoms with Gasteiger partial charge in [-0.15, -0.1) is 0 Å². The number of methoxy groups -OCH3 is 1. The molecule has 0 unspecified atom stereocenters. The largest absolute Gasteiger partial charge is 0.495 e. The highest BCUT2D eigenvalue weighted by atomic mass is 35.5. The average molecular weight is 398 g/mol. The Labute approximate surface area is 153 Å². The van der Waals surface area contributed by atoms with Gasteiger partial charge in [0.05, 0.1) is 29.1 Å². The third kappa shape index (κ3) is 3.85. The molecule has 0 spiro atoms. The smallest absolute Gasteiger partial charge is 0.242 e. The summed E-state index contributed by atoms with van der Waals surface area (Å²) in [6.45, 7) is -0.257. The number of hydrogen-bond acceptors (Lipinski definition) is 6. The van der Waals surface area contributed by atoms with Crippen molar-refractivity contribution in [1.29, 1.82) is 0 Å². The number of nitrogens with zero attached hydrogens (tertiary/aromatic N) is 2. The zero-order chi connectivity index (χ0) is 18.7. The van der Waals surface area contributed by atoms with Crippen molar-refractivity contribution in [3.8, 4) is 17.1 Å². The van der Waals surface area contributed by atoms with E-state index >= 15 is 0 Å². The number of hydrogen-bond donors (Lipinski definition) is 1. The van der Waals surface area contributed by atoms with Gasteiger partial charge in [0.25, 0.3) is 0 Å². The Bertz CT molecular complexity index is 1040. The van der Waals surface area contributed by atoms with Crippen LogP contribution in [0, 0.1) is 5.82 Å². The van der Waals surface area contributed by atoms with E-state index in [1.165, 1.54) is 43.5 Å². The van der Waals surface area contributed by atoms with Crippen LogP contribution < -0.4 is 9.46 Å². The minimum Gasteiger partial charge on any atom is -0.495 e. The molecule has 0 saturated carbocycles. The Kier molecular flexibility index (Phi) is 5.21. The molecule has 0 aliphatic heterocycles. The molecule has 1 aromatic heterocycles. The molecule has 0 aliphatic rings. The van der Waals surface area contributed by atoms with Crippen LogP contribution in [-0.2, 0) is 16.6 Å². The first-order chi connectivity index (χ1) is 12.4. The molecule has 7 nitrogen and oxygen atoms in total. The molecule has 3 rings (SSSR count). The van der Waals surface area contributed by atoms with Gasteiger partial charge >= 0.3 is 0 Å². The van der Waals surface area contributed by atoms with Crippen LogP contribution in [0.2, 0.25) is 5.02 Å². The van der Waals surface area contributed by atoms with Crippen LogP contribution in [-0.4, -0.2) is 25.7 Å². The summed E-state index contributed by atoms with van der Waals surface area (Å²) in [5.74, 6) is -0.124. The molecule has 0 aliphatic carbocycles. The van der Waals surface area contributed by atoms with Crippen molar-refractivity contribution in [3.63, 3.8) is 0 Å². The predicted molar refractivity (Wildman–Crippen MR) is 91.7 cm³/mol. The molecular weight excluding hydrogens is 385 g/mol. The number of rotatable bonds is 6. The zero-order valence-corrected chi connectivity index (χ0v) is 15.0. The van der Waals surface area contributed by atoms with E-state index in [0.717, 1.165) is 0 Å². The van der Waals surface area contributed by atoms with E-state index in [0.29, 0.717) is 5.75 Å². The summed E-state index contributed by atoms with van der Waals surface area (Å²) in [5.41, 5.74) is 0.160. The lowest BCUT2D eigenvalue weighted by atomic mass is 10.2. The van der Waals surface area contributed by atoms with Gasteiger partial charge < -0.3 is 9.26 Å². The molecule has 136 valence electrons. The Hall–Kier alpha value is -2.49. The van der Waals surface area contributed by atoms with Gasteiger partial charge in [0.2, 0.25) is 21.7 Å². The maximum atomic E-state index is 13.7. The van der Waals surface area contributed by atoms with E-state index in [1.807, 2.05) is 0 Å². The lowest BCUT2D eigenvalue weighted by molar-refractivity contribution is 0.375. The molecule has 10 heteroatoms. The number of sulfonamides is 1. The Morgan fingerprint density at radius 1 is 1.27 bits per heavy atom. The van der Waals surface area contributed by atoms with E-state index in [4.69, 9.17) is 20.9 Å². The Morgan fingerprint density at radius 3 is 2.73 bits per heavy atom. The van der Waals surface area contributed by atoms with E-state index < -0.39 is 15.8 Å². The van der Waals surface area contributed by atoms with Crippen molar-refractivity contribution in [1.82, 2.24) is 14.9 Å². The first kappa shape index (κ1) is 18.3. The van der Waals surface area contributed by atoms with Crippen LogP contribution in [0.5, 0.6) is 5.75 Å². The second-order valence-electron chi connectivity index (χ2n) is 5.11. The molecular formula is C16H13ClFN3O4S. The van der Waals surface area contributed by atoms with Gasteiger partial charge in [-0.05, 0) is 30.3 Å². The van der Waals surface area contributed by atoms with Gasteiger partial charge in [0.15, 0.2) is 0 Å². The van der Waals surface area contributed by atoms with Gasteiger partial charge in [-0.3, -0.25) is 0 Å². The van der Waals surface area contributed by atoms with E-state index in [9.17, 15) is 12.8 Å². The molecule has 1 N–H and O–H groups in total. The first-order valence-electron chi connectivity index (χ1n) is 7.31. The predicted octanol–water partition coefficient (Wildman–Crippen LogP) is 3.02. The van der Waals surface area contributed by atoms with Crippen molar-refractivity contribution >= 4 is 21.6 Å². The molecule has 0 bridgehead atoms. The third-order valence-electron chi connectivity index (χ3n) is 3.43. The standard InChI is InChI=1S/C16H13ClFN3O4S/c1-24-14-7-6-10(8-12(14)17)26(22,23)19-9-15-20-16(21-25-15)11-4-2-3-5-13(11)18/h2-8,19H,9H2,1H3. The van der Waals surface area contributed by atoms with Crippen molar-refractivity contribution in [2.75, 3.05) is 7.11 Å². The van der Waals surface area contributed by atoms with E-state index in [1.54, 1.807) is 6.07 Å². The third-order valence-corrected chi connectivity index (χ3v) is 5.12. The highest BCUT2D eigenvalue weighted by molar-refractivity contribution is 7.89. The average Bonchev–Trinajstić information content (AvgIpc) is 3.09. The van der Waals surface area contributed by atoms with Crippen LogP contribution in [0.1, 0.15) is 5.89 Å². The monoisotopic (exact) mass is 397 g/mol. The topological polar surface area (TPSA) is 94.3 Å². The van der Waals surface area contributed by atoms with Gasteiger partial charge in [-0.1, -0.05) is 28.9 Å². The summed E-state index contributed by atoms with van der Waals surface area (Å²) in [7, 11) is -2.43. The number of aromatic nitrogens is 2. The maximum absolute atomic E-state index is 13.7. The van der Waals surface area contributed by atoms with Crippen molar-refractivity contribution in [2.45, 2.75) is 11.4 Å². The number of benzene rings is 2. The quantitative estimate of drug-likeness (QED) is 0.687. The molecule has 3 aromatic rings. The van der Waals surface area contributed by atoms with Crippen molar-refractivity contribution in [3.05, 3.63) is 59.2 Å². The van der Waals surface area contributed by atoms with E-state index in [2.05, 4.69) is 14.9 Å². The molecule has 0 fully saturated rings.